The molecule has 0 aliphatic heterocycles. The molecule has 4 N–H and O–H groups in total. The van der Waals surface area contributed by atoms with E-state index in [1.54, 1.807) is 0 Å². The van der Waals surface area contributed by atoms with E-state index in [1.807, 2.05) is 23.1 Å². The molecular formula is C23H35N5O7. The number of carboxylic acids is 3. The van der Waals surface area contributed by atoms with Gasteiger partial charge in [0, 0.05) is 56.9 Å². The van der Waals surface area contributed by atoms with Crippen LogP contribution in [-0.2, 0) is 34.0 Å². The number of aliphatic carboxylic acids is 3. The Bertz CT molecular complexity index is 946. The fourth-order valence-electron chi connectivity index (χ4n) is 3.14. The maximum absolute atomic E-state index is 10.3. The van der Waals surface area contributed by atoms with Crippen LogP contribution in [0.3, 0.4) is 0 Å². The highest BCUT2D eigenvalue weighted by atomic mass is 16.4. The van der Waals surface area contributed by atoms with E-state index in [2.05, 4.69) is 60.1 Å². The smallest absolute Gasteiger partial charge is 0.336 e. The van der Waals surface area contributed by atoms with Crippen molar-refractivity contribution in [1.82, 2.24) is 24.6 Å². The molecule has 0 spiro atoms. The van der Waals surface area contributed by atoms with Crippen LogP contribution in [0.5, 0.6) is 0 Å². The zero-order valence-electron chi connectivity index (χ0n) is 20.6. The number of nitrogens with zero attached hydrogens (tertiary/aromatic N) is 5. The molecule has 194 valence electrons. The summed E-state index contributed by atoms with van der Waals surface area (Å²) >= 11 is 0. The van der Waals surface area contributed by atoms with Crippen molar-refractivity contribution in [3.8, 4) is 0 Å². The molecule has 12 heteroatoms. The predicted octanol–water partition coefficient (Wildman–Crippen LogP) is 0.922. The lowest BCUT2D eigenvalue weighted by Gasteiger charge is -2.24. The number of pyridine rings is 1. The van der Waals surface area contributed by atoms with E-state index in [4.69, 9.17) is 20.4 Å². The van der Waals surface area contributed by atoms with Crippen LogP contribution in [0, 0.1) is 6.92 Å². The van der Waals surface area contributed by atoms with Crippen LogP contribution in [0.15, 0.2) is 30.7 Å². The first-order valence-corrected chi connectivity index (χ1v) is 11.0. The quantitative estimate of drug-likeness (QED) is 0.313. The Kier molecular flexibility index (Phi) is 12.0. The van der Waals surface area contributed by atoms with Crippen molar-refractivity contribution < 1.29 is 34.8 Å². The average Bonchev–Trinajstić information content (AvgIpc) is 3.11. The van der Waals surface area contributed by atoms with Gasteiger partial charge in [0.05, 0.1) is 18.5 Å². The summed E-state index contributed by atoms with van der Waals surface area (Å²) < 4.78 is 2.01. The normalized spacial score (nSPS) is 11.3. The molecule has 2 aromatic heterocycles. The van der Waals surface area contributed by atoms with Gasteiger partial charge in [-0.2, -0.15) is 5.10 Å². The maximum atomic E-state index is 10.3. The molecule has 0 atom stereocenters. The number of aromatic nitrogens is 3. The van der Waals surface area contributed by atoms with Crippen LogP contribution >= 0.6 is 0 Å². The fourth-order valence-corrected chi connectivity index (χ4v) is 3.14. The third kappa shape index (κ3) is 11.1. The summed E-state index contributed by atoms with van der Waals surface area (Å²) in [5.41, 5.74) is 0.951. The summed E-state index contributed by atoms with van der Waals surface area (Å²) in [6.45, 7) is 9.04. The van der Waals surface area contributed by atoms with Gasteiger partial charge in [-0.3, -0.25) is 24.2 Å². The predicted molar refractivity (Wildman–Crippen MR) is 127 cm³/mol. The summed E-state index contributed by atoms with van der Waals surface area (Å²) in [7, 11) is 4.23. The Morgan fingerprint density at radius 2 is 1.69 bits per heavy atom. The zero-order valence-corrected chi connectivity index (χ0v) is 20.6. The summed E-state index contributed by atoms with van der Waals surface area (Å²) in [6.07, 6.45) is 3.65. The second-order valence-electron chi connectivity index (χ2n) is 8.45. The Balaban J connectivity index is 0.000000405. The van der Waals surface area contributed by atoms with E-state index in [0.717, 1.165) is 38.4 Å². The first-order valence-electron chi connectivity index (χ1n) is 11.0. The molecule has 0 saturated carbocycles. The molecule has 2 heterocycles. The number of carboxylic acid groups (broad SMARTS) is 3. The molecule has 0 amide bonds. The van der Waals surface area contributed by atoms with Crippen molar-refractivity contribution in [3.05, 3.63) is 47.5 Å². The van der Waals surface area contributed by atoms with Crippen LogP contribution in [0.1, 0.15) is 36.6 Å². The number of aryl methyl sites for hydroxylation is 2. The molecule has 0 radical (unpaired) electrons. The van der Waals surface area contributed by atoms with Crippen molar-refractivity contribution in [2.75, 3.05) is 27.2 Å². The van der Waals surface area contributed by atoms with Crippen molar-refractivity contribution in [2.45, 2.75) is 51.9 Å². The first kappa shape index (κ1) is 29.7. The SMILES string of the molecule is CCn1cc(CN(CCN(C)C)Cc2cccnc2)c(C)n1.O=C(O)CC(O)(CC(=O)O)C(=O)O. The fraction of sp³-hybridized carbons (Fsp3) is 0.522. The lowest BCUT2D eigenvalue weighted by molar-refractivity contribution is -0.170. The van der Waals surface area contributed by atoms with Gasteiger partial charge in [0.1, 0.15) is 0 Å². The van der Waals surface area contributed by atoms with E-state index < -0.39 is 36.4 Å². The minimum Gasteiger partial charge on any atom is -0.481 e. The number of carbonyl (C=O) groups is 3. The van der Waals surface area contributed by atoms with Crippen LogP contribution in [0.25, 0.3) is 0 Å². The average molecular weight is 494 g/mol. The summed E-state index contributed by atoms with van der Waals surface area (Å²) in [6, 6.07) is 4.14. The Labute approximate surface area is 204 Å². The second kappa shape index (κ2) is 14.1. The van der Waals surface area contributed by atoms with E-state index in [9.17, 15) is 14.4 Å². The minimum atomic E-state index is -2.74. The lowest BCUT2D eigenvalue weighted by Crippen LogP contribution is -2.42. The van der Waals surface area contributed by atoms with E-state index in [-0.39, 0.29) is 0 Å². The molecule has 0 bridgehead atoms. The van der Waals surface area contributed by atoms with Gasteiger partial charge in [0.25, 0.3) is 0 Å². The van der Waals surface area contributed by atoms with Crippen LogP contribution in [-0.4, -0.2) is 95.7 Å². The summed E-state index contributed by atoms with van der Waals surface area (Å²) in [5, 5.41) is 38.4. The van der Waals surface area contributed by atoms with E-state index in [1.165, 1.54) is 11.1 Å². The second-order valence-corrected chi connectivity index (χ2v) is 8.45. The molecule has 2 rings (SSSR count). The number of hydrogen-bond donors (Lipinski definition) is 4. The van der Waals surface area contributed by atoms with Crippen LogP contribution in [0.2, 0.25) is 0 Å². The molecule has 0 unspecified atom stereocenters. The Hall–Kier alpha value is -3.35. The largest absolute Gasteiger partial charge is 0.481 e. The van der Waals surface area contributed by atoms with E-state index in [0.29, 0.717) is 0 Å². The molecule has 0 fully saturated rings. The lowest BCUT2D eigenvalue weighted by atomic mass is 9.96. The number of aliphatic hydroxyl groups is 1. The minimum absolute atomic E-state index is 0.915. The maximum Gasteiger partial charge on any atom is 0.336 e. The van der Waals surface area contributed by atoms with Crippen LogP contribution < -0.4 is 0 Å². The van der Waals surface area contributed by atoms with Crippen molar-refractivity contribution in [2.24, 2.45) is 0 Å². The molecule has 0 aliphatic rings. The van der Waals surface area contributed by atoms with Gasteiger partial charge in [-0.1, -0.05) is 6.07 Å². The van der Waals surface area contributed by atoms with Crippen molar-refractivity contribution >= 4 is 17.9 Å². The number of rotatable bonds is 13. The summed E-state index contributed by atoms with van der Waals surface area (Å²) in [4.78, 5) is 39.4. The van der Waals surface area contributed by atoms with Gasteiger partial charge in [-0.05, 0) is 39.6 Å². The van der Waals surface area contributed by atoms with Gasteiger partial charge >= 0.3 is 17.9 Å². The molecule has 2 aromatic rings. The Morgan fingerprint density at radius 1 is 1.06 bits per heavy atom. The third-order valence-electron chi connectivity index (χ3n) is 5.04. The zero-order chi connectivity index (χ0) is 26.6. The molecule has 0 aromatic carbocycles. The highest BCUT2D eigenvalue weighted by Crippen LogP contribution is 2.16. The third-order valence-corrected chi connectivity index (χ3v) is 5.04. The van der Waals surface area contributed by atoms with Gasteiger partial charge in [-0.25, -0.2) is 4.79 Å². The Morgan fingerprint density at radius 3 is 2.11 bits per heavy atom. The molecule has 0 saturated heterocycles. The van der Waals surface area contributed by atoms with Crippen LogP contribution in [0.4, 0.5) is 0 Å². The van der Waals surface area contributed by atoms with Gasteiger partial charge in [0.15, 0.2) is 5.60 Å². The summed E-state index contributed by atoms with van der Waals surface area (Å²) in [5.74, 6) is -5.02. The van der Waals surface area contributed by atoms with Crippen molar-refractivity contribution in [1.29, 1.82) is 0 Å². The molecule has 12 nitrogen and oxygen atoms in total. The topological polar surface area (TPSA) is 169 Å². The molecule has 0 aliphatic carbocycles. The van der Waals surface area contributed by atoms with Crippen molar-refractivity contribution in [3.63, 3.8) is 0 Å². The van der Waals surface area contributed by atoms with Gasteiger partial charge in [-0.15, -0.1) is 0 Å². The monoisotopic (exact) mass is 493 g/mol. The van der Waals surface area contributed by atoms with Gasteiger partial charge < -0.3 is 25.3 Å². The molecular weight excluding hydrogens is 458 g/mol. The highest BCUT2D eigenvalue weighted by molar-refractivity contribution is 5.88. The molecule has 35 heavy (non-hydrogen) atoms. The number of hydrogen-bond acceptors (Lipinski definition) is 8. The van der Waals surface area contributed by atoms with E-state index >= 15 is 0 Å². The van der Waals surface area contributed by atoms with Gasteiger partial charge in [0.2, 0.25) is 0 Å². The standard InChI is InChI=1S/C17H27N5.C6H8O7/c1-5-22-14-17(15(2)19-22)13-21(10-9-20(3)4)12-16-7-6-8-18-11-16;7-3(8)1-6(13,5(11)12)2-4(9)10/h6-8,11,14H,5,9-10,12-13H2,1-4H3;13H,1-2H2,(H,7,8)(H,9,10)(H,11,12). The first-order chi connectivity index (χ1) is 16.4. The highest BCUT2D eigenvalue weighted by Gasteiger charge is 2.40. The number of likely N-dealkylation sites (N-methyl/N-ethyl adjacent to an activating group) is 1.